The Morgan fingerprint density at radius 3 is 2.42 bits per heavy atom. The van der Waals surface area contributed by atoms with Gasteiger partial charge in [0.2, 0.25) is 5.13 Å². The normalized spacial score (nSPS) is 11.1. The Bertz CT molecular complexity index is 1150. The van der Waals surface area contributed by atoms with Crippen molar-refractivity contribution >= 4 is 28.5 Å². The molecule has 0 spiro atoms. The number of anilines is 1. The molecule has 33 heavy (non-hydrogen) atoms. The maximum absolute atomic E-state index is 12.4. The van der Waals surface area contributed by atoms with Crippen molar-refractivity contribution in [2.45, 2.75) is 19.8 Å². The van der Waals surface area contributed by atoms with Gasteiger partial charge in [-0.15, -0.1) is 10.2 Å². The quantitative estimate of drug-likeness (QED) is 0.264. The zero-order valence-electron chi connectivity index (χ0n) is 18.6. The van der Waals surface area contributed by atoms with E-state index in [-0.39, 0.29) is 11.5 Å². The summed E-state index contributed by atoms with van der Waals surface area (Å²) in [6, 6.07) is 16.4. The Labute approximate surface area is 196 Å². The minimum atomic E-state index is -0.529. The number of carbonyl (C=O) groups excluding carboxylic acids is 1. The largest absolute Gasteiger partial charge is 0.497 e. The van der Waals surface area contributed by atoms with E-state index in [2.05, 4.69) is 15.5 Å². The highest BCUT2D eigenvalue weighted by Gasteiger charge is 2.14. The molecule has 0 unspecified atom stereocenters. The Morgan fingerprint density at radius 2 is 1.79 bits per heavy atom. The number of amides is 1. The van der Waals surface area contributed by atoms with E-state index < -0.39 is 5.91 Å². The van der Waals surface area contributed by atoms with E-state index in [1.165, 1.54) is 17.4 Å². The second-order valence-corrected chi connectivity index (χ2v) is 8.18. The maximum atomic E-state index is 12.4. The molecule has 0 saturated heterocycles. The number of rotatable bonds is 10. The van der Waals surface area contributed by atoms with E-state index in [0.717, 1.165) is 10.8 Å². The van der Waals surface area contributed by atoms with Crippen molar-refractivity contribution in [3.05, 3.63) is 64.7 Å². The molecule has 0 saturated carbocycles. The van der Waals surface area contributed by atoms with Crippen LogP contribution in [0.3, 0.4) is 0 Å². The second-order valence-electron chi connectivity index (χ2n) is 7.17. The molecule has 1 aromatic heterocycles. The van der Waals surface area contributed by atoms with Crippen molar-refractivity contribution in [1.82, 2.24) is 10.2 Å². The summed E-state index contributed by atoms with van der Waals surface area (Å²) in [5.74, 6) is 1.77. The van der Waals surface area contributed by atoms with Crippen LogP contribution in [0.2, 0.25) is 0 Å². The van der Waals surface area contributed by atoms with E-state index in [4.69, 9.17) is 14.2 Å². The molecular weight excluding hydrogens is 440 g/mol. The molecule has 0 aliphatic carbocycles. The lowest BCUT2D eigenvalue weighted by Crippen LogP contribution is -2.13. The standard InChI is InChI=1S/C24H24N4O4S/c1-16(2)23-27-28-24(33-23)26-22(29)18(15-25)13-17-7-9-19(10-8-17)31-11-12-32-21-6-4-5-20(14-21)30-3/h4-10,13-14,16H,11-12H2,1-3H3,(H,26,28,29)/b18-13-. The van der Waals surface area contributed by atoms with Gasteiger partial charge in [-0.05, 0) is 35.9 Å². The molecule has 0 fully saturated rings. The van der Waals surface area contributed by atoms with Gasteiger partial charge in [0.15, 0.2) is 0 Å². The molecule has 3 rings (SSSR count). The average molecular weight is 465 g/mol. The van der Waals surface area contributed by atoms with E-state index >= 15 is 0 Å². The molecule has 9 heteroatoms. The van der Waals surface area contributed by atoms with Gasteiger partial charge in [-0.25, -0.2) is 0 Å². The molecule has 3 aromatic rings. The van der Waals surface area contributed by atoms with Gasteiger partial charge in [0.1, 0.15) is 47.1 Å². The smallest absolute Gasteiger partial charge is 0.268 e. The van der Waals surface area contributed by atoms with Crippen LogP contribution in [0.15, 0.2) is 54.1 Å². The van der Waals surface area contributed by atoms with Gasteiger partial charge in [0, 0.05) is 12.0 Å². The van der Waals surface area contributed by atoms with Crippen LogP contribution in [0.25, 0.3) is 6.08 Å². The van der Waals surface area contributed by atoms with Crippen molar-refractivity contribution in [1.29, 1.82) is 5.26 Å². The maximum Gasteiger partial charge on any atom is 0.268 e. The van der Waals surface area contributed by atoms with Crippen molar-refractivity contribution in [2.75, 3.05) is 25.6 Å². The lowest BCUT2D eigenvalue weighted by atomic mass is 10.1. The Balaban J connectivity index is 1.52. The van der Waals surface area contributed by atoms with Crippen molar-refractivity contribution < 1.29 is 19.0 Å². The molecule has 1 heterocycles. The highest BCUT2D eigenvalue weighted by molar-refractivity contribution is 7.15. The lowest BCUT2D eigenvalue weighted by molar-refractivity contribution is -0.112. The van der Waals surface area contributed by atoms with Crippen molar-refractivity contribution in [3.63, 3.8) is 0 Å². The van der Waals surface area contributed by atoms with E-state index in [1.54, 1.807) is 37.4 Å². The van der Waals surface area contributed by atoms with Crippen LogP contribution < -0.4 is 19.5 Å². The molecule has 0 radical (unpaired) electrons. The van der Waals surface area contributed by atoms with Gasteiger partial charge < -0.3 is 14.2 Å². The molecular formula is C24H24N4O4S. The fraction of sp³-hybridized carbons (Fsp3) is 0.250. The first-order valence-corrected chi connectivity index (χ1v) is 11.1. The van der Waals surface area contributed by atoms with Crippen molar-refractivity contribution in [3.8, 4) is 23.3 Å². The van der Waals surface area contributed by atoms with Gasteiger partial charge in [-0.3, -0.25) is 10.1 Å². The molecule has 8 nitrogen and oxygen atoms in total. The van der Waals surface area contributed by atoms with Gasteiger partial charge in [0.05, 0.1) is 7.11 Å². The third-order valence-corrected chi connectivity index (χ3v) is 5.51. The van der Waals surface area contributed by atoms with Gasteiger partial charge in [0.25, 0.3) is 5.91 Å². The number of benzene rings is 2. The van der Waals surface area contributed by atoms with Crippen LogP contribution in [0, 0.1) is 11.3 Å². The summed E-state index contributed by atoms with van der Waals surface area (Å²) in [5, 5.41) is 21.2. The summed E-state index contributed by atoms with van der Waals surface area (Å²) in [6.07, 6.45) is 1.51. The number of ether oxygens (including phenoxy) is 3. The number of nitriles is 1. The third-order valence-electron chi connectivity index (χ3n) is 4.37. The monoisotopic (exact) mass is 464 g/mol. The molecule has 0 aliphatic rings. The Hall–Kier alpha value is -3.90. The fourth-order valence-electron chi connectivity index (χ4n) is 2.67. The Morgan fingerprint density at radius 1 is 1.09 bits per heavy atom. The minimum absolute atomic E-state index is 0.0309. The summed E-state index contributed by atoms with van der Waals surface area (Å²) in [4.78, 5) is 12.4. The molecule has 2 aromatic carbocycles. The number of nitrogens with one attached hydrogen (secondary N) is 1. The van der Waals surface area contributed by atoms with E-state index in [9.17, 15) is 10.1 Å². The topological polar surface area (TPSA) is 106 Å². The number of carbonyl (C=O) groups is 1. The fourth-order valence-corrected chi connectivity index (χ4v) is 3.41. The van der Waals surface area contributed by atoms with Crippen LogP contribution in [0.5, 0.6) is 17.2 Å². The van der Waals surface area contributed by atoms with Crippen LogP contribution >= 0.6 is 11.3 Å². The number of nitrogens with zero attached hydrogens (tertiary/aromatic N) is 3. The first-order valence-electron chi connectivity index (χ1n) is 10.2. The predicted molar refractivity (Wildman–Crippen MR) is 127 cm³/mol. The van der Waals surface area contributed by atoms with Gasteiger partial charge in [-0.2, -0.15) is 5.26 Å². The number of hydrogen-bond donors (Lipinski definition) is 1. The third kappa shape index (κ3) is 7.05. The van der Waals surface area contributed by atoms with Gasteiger partial charge in [-0.1, -0.05) is 43.4 Å². The zero-order chi connectivity index (χ0) is 23.6. The van der Waals surface area contributed by atoms with Crippen LogP contribution in [-0.2, 0) is 4.79 Å². The molecule has 0 bridgehead atoms. The van der Waals surface area contributed by atoms with Crippen LogP contribution in [-0.4, -0.2) is 36.4 Å². The van der Waals surface area contributed by atoms with Crippen molar-refractivity contribution in [2.24, 2.45) is 0 Å². The number of hydrogen-bond acceptors (Lipinski definition) is 8. The summed E-state index contributed by atoms with van der Waals surface area (Å²) < 4.78 is 16.5. The van der Waals surface area contributed by atoms with Gasteiger partial charge >= 0.3 is 0 Å². The van der Waals surface area contributed by atoms with E-state index in [0.29, 0.717) is 35.4 Å². The number of methoxy groups -OCH3 is 1. The molecule has 0 atom stereocenters. The molecule has 1 N–H and O–H groups in total. The summed E-state index contributed by atoms with van der Waals surface area (Å²) in [5.41, 5.74) is 0.665. The first kappa shape index (κ1) is 23.8. The SMILES string of the molecule is COc1cccc(OCCOc2ccc(/C=C(/C#N)C(=O)Nc3nnc(C(C)C)s3)cc2)c1. The number of aromatic nitrogens is 2. The first-order chi connectivity index (χ1) is 16.0. The zero-order valence-corrected chi connectivity index (χ0v) is 19.4. The Kier molecular flexibility index (Phi) is 8.38. The second kappa shape index (κ2) is 11.6. The summed E-state index contributed by atoms with van der Waals surface area (Å²) in [6.45, 7) is 4.72. The highest BCUT2D eigenvalue weighted by atomic mass is 32.1. The lowest BCUT2D eigenvalue weighted by Gasteiger charge is -2.09. The van der Waals surface area contributed by atoms with Crippen LogP contribution in [0.1, 0.15) is 30.3 Å². The van der Waals surface area contributed by atoms with E-state index in [1.807, 2.05) is 38.1 Å². The molecule has 170 valence electrons. The summed E-state index contributed by atoms with van der Waals surface area (Å²) >= 11 is 1.29. The predicted octanol–water partition coefficient (Wildman–Crippen LogP) is 4.67. The minimum Gasteiger partial charge on any atom is -0.497 e. The average Bonchev–Trinajstić information content (AvgIpc) is 3.30. The summed E-state index contributed by atoms with van der Waals surface area (Å²) in [7, 11) is 1.61. The highest BCUT2D eigenvalue weighted by Crippen LogP contribution is 2.23. The van der Waals surface area contributed by atoms with Crippen LogP contribution in [0.4, 0.5) is 5.13 Å². The molecule has 0 aliphatic heterocycles. The molecule has 1 amide bonds.